The number of carbonyl (C=O) groups excluding carboxylic acids is 1. The Hall–Kier alpha value is -2.32. The van der Waals surface area contributed by atoms with Crippen LogP contribution < -0.4 is 10.1 Å². The number of hydrogen-bond donors (Lipinski definition) is 1. The van der Waals surface area contributed by atoms with Crippen LogP contribution in [0.2, 0.25) is 0 Å². The highest BCUT2D eigenvalue weighted by atomic mass is 79.9. The van der Waals surface area contributed by atoms with Gasteiger partial charge in [0, 0.05) is 10.2 Å². The van der Waals surface area contributed by atoms with E-state index < -0.39 is 0 Å². The first kappa shape index (κ1) is 15.1. The maximum atomic E-state index is 12.3. The van der Waals surface area contributed by atoms with Gasteiger partial charge in [0.1, 0.15) is 5.75 Å². The summed E-state index contributed by atoms with van der Waals surface area (Å²) in [5, 5.41) is 11.4. The molecular formula is C16H13BrN2O2. The maximum absolute atomic E-state index is 12.3. The predicted octanol–water partition coefficient (Wildman–Crippen LogP) is 3.78. The number of methoxy groups -OCH3 is 1. The van der Waals surface area contributed by atoms with Crippen molar-refractivity contribution < 1.29 is 9.53 Å². The summed E-state index contributed by atoms with van der Waals surface area (Å²) in [6, 6.07) is 14.5. The van der Waals surface area contributed by atoms with E-state index in [-0.39, 0.29) is 5.91 Å². The molecule has 2 aromatic rings. The molecule has 2 aromatic carbocycles. The van der Waals surface area contributed by atoms with Gasteiger partial charge >= 0.3 is 0 Å². The molecule has 0 unspecified atom stereocenters. The molecular weight excluding hydrogens is 332 g/mol. The van der Waals surface area contributed by atoms with Gasteiger partial charge in [-0.3, -0.25) is 4.79 Å². The number of anilines is 1. The molecule has 0 spiro atoms. The van der Waals surface area contributed by atoms with E-state index in [0.29, 0.717) is 27.9 Å². The van der Waals surface area contributed by atoms with Gasteiger partial charge < -0.3 is 10.1 Å². The summed E-state index contributed by atoms with van der Waals surface area (Å²) in [6.07, 6.45) is 0.357. The molecule has 0 aliphatic carbocycles. The molecule has 0 aliphatic heterocycles. The number of nitriles is 1. The zero-order valence-electron chi connectivity index (χ0n) is 11.4. The molecule has 0 atom stereocenters. The highest BCUT2D eigenvalue weighted by Gasteiger charge is 2.11. The van der Waals surface area contributed by atoms with Gasteiger partial charge in [0.05, 0.1) is 25.2 Å². The van der Waals surface area contributed by atoms with Crippen molar-refractivity contribution in [3.05, 3.63) is 58.1 Å². The van der Waals surface area contributed by atoms with E-state index in [1.54, 1.807) is 37.4 Å². The van der Waals surface area contributed by atoms with Gasteiger partial charge in [-0.2, -0.15) is 5.26 Å². The SMILES string of the molecule is COc1ccc(Br)c(C(=O)Nc2ccc(CC#N)cc2)c1. The van der Waals surface area contributed by atoms with Crippen molar-refractivity contribution in [2.45, 2.75) is 6.42 Å². The van der Waals surface area contributed by atoms with E-state index in [0.717, 1.165) is 5.56 Å². The van der Waals surface area contributed by atoms with Crippen LogP contribution in [0.3, 0.4) is 0 Å². The second-order valence-corrected chi connectivity index (χ2v) is 5.19. The van der Waals surface area contributed by atoms with Gasteiger partial charge in [0.25, 0.3) is 5.91 Å². The number of benzene rings is 2. The van der Waals surface area contributed by atoms with Crippen LogP contribution in [0.5, 0.6) is 5.75 Å². The Balaban J connectivity index is 2.16. The van der Waals surface area contributed by atoms with Gasteiger partial charge in [-0.25, -0.2) is 0 Å². The molecule has 2 rings (SSSR count). The highest BCUT2D eigenvalue weighted by Crippen LogP contribution is 2.23. The molecule has 5 heteroatoms. The van der Waals surface area contributed by atoms with E-state index >= 15 is 0 Å². The fourth-order valence-corrected chi connectivity index (χ4v) is 2.23. The fraction of sp³-hybridized carbons (Fsp3) is 0.125. The van der Waals surface area contributed by atoms with Crippen LogP contribution >= 0.6 is 15.9 Å². The lowest BCUT2D eigenvalue weighted by molar-refractivity contribution is 0.102. The molecule has 0 saturated heterocycles. The topological polar surface area (TPSA) is 62.1 Å². The van der Waals surface area contributed by atoms with E-state index in [2.05, 4.69) is 27.3 Å². The van der Waals surface area contributed by atoms with Crippen molar-refractivity contribution in [3.63, 3.8) is 0 Å². The Labute approximate surface area is 131 Å². The second-order valence-electron chi connectivity index (χ2n) is 4.33. The Morgan fingerprint density at radius 2 is 2.00 bits per heavy atom. The lowest BCUT2D eigenvalue weighted by Crippen LogP contribution is -2.12. The van der Waals surface area contributed by atoms with Gasteiger partial charge in [0.15, 0.2) is 0 Å². The van der Waals surface area contributed by atoms with Crippen LogP contribution in [0.15, 0.2) is 46.9 Å². The summed E-state index contributed by atoms with van der Waals surface area (Å²) in [6.45, 7) is 0. The number of halogens is 1. The van der Waals surface area contributed by atoms with E-state index in [4.69, 9.17) is 10.00 Å². The van der Waals surface area contributed by atoms with Crippen molar-refractivity contribution in [2.24, 2.45) is 0 Å². The number of nitrogens with zero attached hydrogens (tertiary/aromatic N) is 1. The van der Waals surface area contributed by atoms with E-state index in [1.807, 2.05) is 12.1 Å². The number of nitrogens with one attached hydrogen (secondary N) is 1. The third-order valence-corrected chi connectivity index (χ3v) is 3.60. The minimum absolute atomic E-state index is 0.228. The van der Waals surface area contributed by atoms with E-state index in [9.17, 15) is 4.79 Å². The molecule has 21 heavy (non-hydrogen) atoms. The van der Waals surface area contributed by atoms with Crippen molar-refractivity contribution in [2.75, 3.05) is 12.4 Å². The zero-order valence-corrected chi connectivity index (χ0v) is 13.0. The van der Waals surface area contributed by atoms with Crippen molar-refractivity contribution in [3.8, 4) is 11.8 Å². The first-order valence-electron chi connectivity index (χ1n) is 6.25. The third kappa shape index (κ3) is 3.83. The molecule has 0 radical (unpaired) electrons. The Morgan fingerprint density at radius 1 is 1.29 bits per heavy atom. The molecule has 0 heterocycles. The number of rotatable bonds is 4. The minimum atomic E-state index is -0.228. The second kappa shape index (κ2) is 6.91. The van der Waals surface area contributed by atoms with Crippen LogP contribution in [0, 0.1) is 11.3 Å². The molecule has 0 aliphatic rings. The van der Waals surface area contributed by atoms with E-state index in [1.165, 1.54) is 0 Å². The molecule has 0 aromatic heterocycles. The molecule has 0 bridgehead atoms. The molecule has 0 fully saturated rings. The summed E-state index contributed by atoms with van der Waals surface area (Å²) >= 11 is 3.35. The number of ether oxygens (including phenoxy) is 1. The summed E-state index contributed by atoms with van der Waals surface area (Å²) in [4.78, 5) is 12.3. The van der Waals surface area contributed by atoms with Crippen LogP contribution in [0.4, 0.5) is 5.69 Å². The van der Waals surface area contributed by atoms with Crippen LogP contribution in [-0.4, -0.2) is 13.0 Å². The average Bonchev–Trinajstić information content (AvgIpc) is 2.50. The quantitative estimate of drug-likeness (QED) is 0.917. The Morgan fingerprint density at radius 3 is 2.62 bits per heavy atom. The Kier molecular flexibility index (Phi) is 4.96. The monoisotopic (exact) mass is 344 g/mol. The van der Waals surface area contributed by atoms with Crippen LogP contribution in [-0.2, 0) is 6.42 Å². The standard InChI is InChI=1S/C16H13BrN2O2/c1-21-13-6-7-15(17)14(10-13)16(20)19-12-4-2-11(3-5-12)8-9-18/h2-7,10H,8H2,1H3,(H,19,20). The number of carbonyl (C=O) groups is 1. The smallest absolute Gasteiger partial charge is 0.256 e. The molecule has 1 amide bonds. The summed E-state index contributed by atoms with van der Waals surface area (Å²) in [5.74, 6) is 0.390. The van der Waals surface area contributed by atoms with Gasteiger partial charge in [-0.05, 0) is 51.8 Å². The molecule has 4 nitrogen and oxygen atoms in total. The lowest BCUT2D eigenvalue weighted by Gasteiger charge is -2.09. The first-order valence-corrected chi connectivity index (χ1v) is 7.04. The summed E-state index contributed by atoms with van der Waals surface area (Å²) in [7, 11) is 1.55. The van der Waals surface area contributed by atoms with Crippen molar-refractivity contribution in [1.82, 2.24) is 0 Å². The van der Waals surface area contributed by atoms with Crippen molar-refractivity contribution in [1.29, 1.82) is 5.26 Å². The highest BCUT2D eigenvalue weighted by molar-refractivity contribution is 9.10. The zero-order chi connectivity index (χ0) is 15.2. The first-order chi connectivity index (χ1) is 10.1. The molecule has 0 saturated carbocycles. The number of amides is 1. The lowest BCUT2D eigenvalue weighted by atomic mass is 10.1. The number of hydrogen-bond acceptors (Lipinski definition) is 3. The minimum Gasteiger partial charge on any atom is -0.497 e. The molecule has 1 N–H and O–H groups in total. The fourth-order valence-electron chi connectivity index (χ4n) is 1.80. The van der Waals surface area contributed by atoms with Gasteiger partial charge in [-0.15, -0.1) is 0 Å². The Bertz CT molecular complexity index is 690. The van der Waals surface area contributed by atoms with Crippen LogP contribution in [0.1, 0.15) is 15.9 Å². The summed E-state index contributed by atoms with van der Waals surface area (Å²) < 4.78 is 5.82. The summed E-state index contributed by atoms with van der Waals surface area (Å²) in [5.41, 5.74) is 2.09. The maximum Gasteiger partial charge on any atom is 0.256 e. The van der Waals surface area contributed by atoms with Gasteiger partial charge in [-0.1, -0.05) is 12.1 Å². The van der Waals surface area contributed by atoms with Gasteiger partial charge in [0.2, 0.25) is 0 Å². The average molecular weight is 345 g/mol. The predicted molar refractivity (Wildman–Crippen MR) is 84.4 cm³/mol. The third-order valence-electron chi connectivity index (χ3n) is 2.91. The molecule has 106 valence electrons. The van der Waals surface area contributed by atoms with Crippen molar-refractivity contribution >= 4 is 27.5 Å². The largest absolute Gasteiger partial charge is 0.497 e. The normalized spacial score (nSPS) is 9.76. The van der Waals surface area contributed by atoms with Crippen LogP contribution in [0.25, 0.3) is 0 Å².